The summed E-state index contributed by atoms with van der Waals surface area (Å²) in [5, 5.41) is 24.4. The largest absolute Gasteiger partial charge is 0.457 e. The number of benzene rings is 5. The molecule has 0 aliphatic carbocycles. The molecule has 0 radical (unpaired) electrons. The first kappa shape index (κ1) is 51.3. The van der Waals surface area contributed by atoms with Crippen LogP contribution in [0.5, 0.6) is 11.5 Å². The molecular formula is C55H67F2NO9. The van der Waals surface area contributed by atoms with E-state index in [0.29, 0.717) is 12.2 Å². The van der Waals surface area contributed by atoms with Gasteiger partial charge in [0.1, 0.15) is 41.7 Å². The summed E-state index contributed by atoms with van der Waals surface area (Å²) in [6.45, 7) is 1.55. The standard InChI is InChI=1S/C55H67F2NO9/c1-40(59)52(61)48(58-50(60)26-18-7-5-3-2-4-6-11-19-41-27-31-46(32-28-41)66-47-33-29-45(56)30-34-47)38-65-55-54(64-37-44-24-16-10-17-25-44)53(63-36-43-22-14-9-15-23-43)51(57)49(67-55)39-62-35-42-20-12-8-13-21-42/h8-10,12-17,20-25,27-34,40,48-49,51-55,59,61H,2-7,11,18-19,26,35-39H2,1H3,(H,58,60)/t40-,48+,49?,51-,52-,53?,54?,55+/m1/s1. The van der Waals surface area contributed by atoms with Crippen LogP contribution in [-0.2, 0) is 54.7 Å². The van der Waals surface area contributed by atoms with Crippen LogP contribution >= 0.6 is 0 Å². The summed E-state index contributed by atoms with van der Waals surface area (Å²) >= 11 is 0. The summed E-state index contributed by atoms with van der Waals surface area (Å²) in [6.07, 6.45) is 0.702. The molecule has 1 fully saturated rings. The van der Waals surface area contributed by atoms with E-state index in [1.807, 2.05) is 103 Å². The van der Waals surface area contributed by atoms with Crippen LogP contribution < -0.4 is 10.1 Å². The maximum atomic E-state index is 16.7. The van der Waals surface area contributed by atoms with Crippen LogP contribution in [0, 0.1) is 5.82 Å². The van der Waals surface area contributed by atoms with Gasteiger partial charge in [-0.25, -0.2) is 8.78 Å². The molecule has 3 unspecified atom stereocenters. The second-order valence-electron chi connectivity index (χ2n) is 17.3. The number of aliphatic hydroxyl groups excluding tert-OH is 2. The Balaban J connectivity index is 0.969. The van der Waals surface area contributed by atoms with E-state index in [2.05, 4.69) is 17.4 Å². The van der Waals surface area contributed by atoms with Gasteiger partial charge in [0.25, 0.3) is 0 Å². The topological polar surface area (TPSA) is 125 Å². The van der Waals surface area contributed by atoms with Crippen molar-refractivity contribution in [3.05, 3.63) is 168 Å². The highest BCUT2D eigenvalue weighted by Crippen LogP contribution is 2.31. The molecule has 8 atom stereocenters. The van der Waals surface area contributed by atoms with Gasteiger partial charge in [0.15, 0.2) is 12.5 Å². The lowest BCUT2D eigenvalue weighted by Gasteiger charge is -2.43. The van der Waals surface area contributed by atoms with E-state index in [1.165, 1.54) is 24.6 Å². The number of alkyl halides is 1. The van der Waals surface area contributed by atoms with Crippen LogP contribution in [-0.4, -0.2) is 78.4 Å². The van der Waals surface area contributed by atoms with E-state index in [0.717, 1.165) is 73.8 Å². The van der Waals surface area contributed by atoms with Gasteiger partial charge in [0.05, 0.1) is 45.2 Å². The molecule has 1 aliphatic heterocycles. The summed E-state index contributed by atoms with van der Waals surface area (Å²) in [7, 11) is 0. The predicted molar refractivity (Wildman–Crippen MR) is 253 cm³/mol. The number of halogens is 2. The number of unbranched alkanes of at least 4 members (excludes halogenated alkanes) is 7. The Morgan fingerprint density at radius 3 is 1.70 bits per heavy atom. The van der Waals surface area contributed by atoms with Gasteiger partial charge in [0, 0.05) is 6.42 Å². The Morgan fingerprint density at radius 2 is 1.13 bits per heavy atom. The minimum atomic E-state index is -1.66. The van der Waals surface area contributed by atoms with E-state index in [9.17, 15) is 19.4 Å². The molecule has 0 saturated carbocycles. The molecule has 0 aromatic heterocycles. The smallest absolute Gasteiger partial charge is 0.220 e. The van der Waals surface area contributed by atoms with Gasteiger partial charge in [-0.1, -0.05) is 142 Å². The monoisotopic (exact) mass is 923 g/mol. The van der Waals surface area contributed by atoms with Gasteiger partial charge in [-0.15, -0.1) is 0 Å². The van der Waals surface area contributed by atoms with Crippen molar-refractivity contribution >= 4 is 5.91 Å². The first-order chi connectivity index (χ1) is 32.7. The van der Waals surface area contributed by atoms with Crippen molar-refractivity contribution in [2.45, 2.75) is 140 Å². The van der Waals surface area contributed by atoms with Crippen molar-refractivity contribution < 1.29 is 52.2 Å². The van der Waals surface area contributed by atoms with Crippen LogP contribution in [0.2, 0.25) is 0 Å². The lowest BCUT2D eigenvalue weighted by molar-refractivity contribution is -0.313. The number of nitrogens with one attached hydrogen (secondary N) is 1. The maximum absolute atomic E-state index is 16.7. The van der Waals surface area contributed by atoms with Crippen LogP contribution in [0.1, 0.15) is 87.0 Å². The number of ether oxygens (including phenoxy) is 6. The van der Waals surface area contributed by atoms with Gasteiger partial charge in [0.2, 0.25) is 5.91 Å². The third kappa shape index (κ3) is 17.8. The molecule has 1 heterocycles. The third-order valence-electron chi connectivity index (χ3n) is 11.8. The zero-order chi connectivity index (χ0) is 47.1. The van der Waals surface area contributed by atoms with E-state index >= 15 is 4.39 Å². The number of amides is 1. The van der Waals surface area contributed by atoms with E-state index in [4.69, 9.17) is 28.4 Å². The Labute approximate surface area is 394 Å². The molecular weight excluding hydrogens is 857 g/mol. The summed E-state index contributed by atoms with van der Waals surface area (Å²) in [4.78, 5) is 13.3. The fourth-order valence-corrected chi connectivity index (χ4v) is 7.98. The molecule has 67 heavy (non-hydrogen) atoms. The zero-order valence-corrected chi connectivity index (χ0v) is 38.5. The van der Waals surface area contributed by atoms with Crippen molar-refractivity contribution in [2.24, 2.45) is 0 Å². The van der Waals surface area contributed by atoms with Crippen molar-refractivity contribution in [3.8, 4) is 11.5 Å². The van der Waals surface area contributed by atoms with Crippen LogP contribution in [0.3, 0.4) is 0 Å². The van der Waals surface area contributed by atoms with Crippen LogP contribution in [0.4, 0.5) is 8.78 Å². The lowest BCUT2D eigenvalue weighted by Crippen LogP contribution is -2.60. The van der Waals surface area contributed by atoms with E-state index in [-0.39, 0.29) is 51.2 Å². The molecule has 0 bridgehead atoms. The fraction of sp³-hybridized carbons (Fsp3) is 0.436. The van der Waals surface area contributed by atoms with Crippen molar-refractivity contribution in [1.29, 1.82) is 0 Å². The summed E-state index contributed by atoms with van der Waals surface area (Å²) in [5.41, 5.74) is 3.88. The van der Waals surface area contributed by atoms with Crippen molar-refractivity contribution in [1.82, 2.24) is 5.32 Å². The number of aliphatic hydroxyl groups is 2. The molecule has 12 heteroatoms. The molecule has 1 amide bonds. The Kier molecular flexibility index (Phi) is 21.7. The van der Waals surface area contributed by atoms with Gasteiger partial charge in [-0.2, -0.15) is 0 Å². The molecule has 3 N–H and O–H groups in total. The Bertz CT molecular complexity index is 2100. The Morgan fingerprint density at radius 1 is 0.627 bits per heavy atom. The van der Waals surface area contributed by atoms with Gasteiger partial charge < -0.3 is 44.0 Å². The normalized spacial score (nSPS) is 19.6. The molecule has 1 saturated heterocycles. The molecule has 5 aromatic carbocycles. The van der Waals surface area contributed by atoms with Gasteiger partial charge >= 0.3 is 0 Å². The van der Waals surface area contributed by atoms with E-state index in [1.54, 1.807) is 12.1 Å². The number of carbonyl (C=O) groups excluding carboxylic acids is 1. The number of hydrogen-bond donors (Lipinski definition) is 3. The lowest BCUT2D eigenvalue weighted by atomic mass is 9.99. The molecule has 360 valence electrons. The highest BCUT2D eigenvalue weighted by atomic mass is 19.1. The number of aryl methyl sites for hydroxylation is 1. The minimum Gasteiger partial charge on any atom is -0.457 e. The SMILES string of the molecule is C[C@@H](O)[C@@H](O)[C@H](CO[C@H]1OC(COCc2ccccc2)[C@@H](F)C(OCc2ccccc2)C1OCc1ccccc1)NC(=O)CCCCCCCCCCc1ccc(Oc2ccc(F)cc2)cc1. The van der Waals surface area contributed by atoms with Crippen molar-refractivity contribution in [2.75, 3.05) is 13.2 Å². The summed E-state index contributed by atoms with van der Waals surface area (Å²) < 4.78 is 66.9. The van der Waals surface area contributed by atoms with E-state index < -0.39 is 49.0 Å². The first-order valence-electron chi connectivity index (χ1n) is 23.7. The summed E-state index contributed by atoms with van der Waals surface area (Å²) in [6, 6.07) is 41.5. The Hall–Kier alpha value is -5.05. The number of hydrogen-bond acceptors (Lipinski definition) is 9. The van der Waals surface area contributed by atoms with Gasteiger partial charge in [-0.05, 0) is 84.8 Å². The minimum absolute atomic E-state index is 0.1000. The second-order valence-corrected chi connectivity index (χ2v) is 17.3. The highest BCUT2D eigenvalue weighted by Gasteiger charge is 2.49. The molecule has 6 rings (SSSR count). The third-order valence-corrected chi connectivity index (χ3v) is 11.8. The molecule has 1 aliphatic rings. The molecule has 10 nitrogen and oxygen atoms in total. The zero-order valence-electron chi connectivity index (χ0n) is 38.5. The number of carbonyl (C=O) groups is 1. The number of rotatable bonds is 29. The highest BCUT2D eigenvalue weighted by molar-refractivity contribution is 5.76. The second kappa shape index (κ2) is 28.3. The van der Waals surface area contributed by atoms with Crippen molar-refractivity contribution in [3.63, 3.8) is 0 Å². The summed E-state index contributed by atoms with van der Waals surface area (Å²) in [5.74, 6) is 0.748. The average Bonchev–Trinajstić information content (AvgIpc) is 3.35. The maximum Gasteiger partial charge on any atom is 0.220 e. The fourth-order valence-electron chi connectivity index (χ4n) is 7.98. The first-order valence-corrected chi connectivity index (χ1v) is 23.7. The van der Waals surface area contributed by atoms with Crippen LogP contribution in [0.25, 0.3) is 0 Å². The average molecular weight is 924 g/mol. The van der Waals surface area contributed by atoms with Crippen LogP contribution in [0.15, 0.2) is 140 Å². The molecule has 0 spiro atoms. The van der Waals surface area contributed by atoms with Gasteiger partial charge in [-0.3, -0.25) is 4.79 Å². The predicted octanol–water partition coefficient (Wildman–Crippen LogP) is 10.4. The quantitative estimate of drug-likeness (QED) is 0.0402. The molecule has 5 aromatic rings.